The summed E-state index contributed by atoms with van der Waals surface area (Å²) in [7, 11) is 0. The summed E-state index contributed by atoms with van der Waals surface area (Å²) in [6, 6.07) is 7.13. The smallest absolute Gasteiger partial charge is 0.335 e. The van der Waals surface area contributed by atoms with E-state index in [1.807, 2.05) is 30.9 Å². The van der Waals surface area contributed by atoms with Gasteiger partial charge in [-0.3, -0.25) is 9.59 Å². The first-order valence-electron chi connectivity index (χ1n) is 10.2. The Morgan fingerprint density at radius 2 is 1.83 bits per heavy atom. The van der Waals surface area contributed by atoms with E-state index in [1.165, 1.54) is 6.92 Å². The monoisotopic (exact) mass is 396 g/mol. The number of nitrogens with zero attached hydrogens (tertiary/aromatic N) is 1. The Morgan fingerprint density at radius 3 is 2.41 bits per heavy atom. The van der Waals surface area contributed by atoms with Crippen LogP contribution in [0, 0.1) is 12.8 Å². The Morgan fingerprint density at radius 1 is 1.17 bits per heavy atom. The number of hydrogen-bond acceptors (Lipinski definition) is 3. The fourth-order valence-corrected chi connectivity index (χ4v) is 4.41. The van der Waals surface area contributed by atoms with E-state index in [1.54, 1.807) is 12.1 Å². The van der Waals surface area contributed by atoms with Crippen molar-refractivity contribution in [1.82, 2.24) is 9.88 Å². The van der Waals surface area contributed by atoms with Crippen molar-refractivity contribution >= 4 is 17.7 Å². The molecule has 0 radical (unpaired) electrons. The van der Waals surface area contributed by atoms with Gasteiger partial charge in [-0.25, -0.2) is 4.79 Å². The Hall–Kier alpha value is -2.89. The number of hydrogen-bond donors (Lipinski definition) is 2. The van der Waals surface area contributed by atoms with Crippen LogP contribution in [0.5, 0.6) is 0 Å². The number of amides is 1. The minimum absolute atomic E-state index is 0.0227. The summed E-state index contributed by atoms with van der Waals surface area (Å²) < 4.78 is 0. The van der Waals surface area contributed by atoms with Gasteiger partial charge in [0.2, 0.25) is 0 Å². The molecule has 1 aliphatic heterocycles. The van der Waals surface area contributed by atoms with Gasteiger partial charge in [0.05, 0.1) is 5.56 Å². The van der Waals surface area contributed by atoms with Gasteiger partial charge < -0.3 is 15.0 Å². The van der Waals surface area contributed by atoms with E-state index in [9.17, 15) is 19.5 Å². The summed E-state index contributed by atoms with van der Waals surface area (Å²) in [5.74, 6) is -0.626. The van der Waals surface area contributed by atoms with Crippen molar-refractivity contribution in [3.8, 4) is 0 Å². The molecule has 1 aromatic heterocycles. The van der Waals surface area contributed by atoms with E-state index in [2.05, 4.69) is 4.98 Å². The second-order valence-corrected chi connectivity index (χ2v) is 7.79. The van der Waals surface area contributed by atoms with Crippen LogP contribution in [0.25, 0.3) is 0 Å². The number of ketones is 1. The number of carbonyl (C=O) groups excluding carboxylic acids is 2. The Labute approximate surface area is 170 Å². The molecule has 0 bridgehead atoms. The number of carbonyl (C=O) groups is 3. The van der Waals surface area contributed by atoms with Crippen molar-refractivity contribution in [2.24, 2.45) is 5.92 Å². The van der Waals surface area contributed by atoms with Gasteiger partial charge in [-0.1, -0.05) is 25.1 Å². The van der Waals surface area contributed by atoms with Crippen LogP contribution in [0.4, 0.5) is 0 Å². The first kappa shape index (κ1) is 20.8. The molecular formula is C23H28N2O4. The van der Waals surface area contributed by atoms with E-state index in [0.717, 1.165) is 29.7 Å². The van der Waals surface area contributed by atoms with Gasteiger partial charge in [-0.15, -0.1) is 0 Å². The Bertz CT molecular complexity index is 936. The standard InChI is InChI=1S/C23H28N2O4/c1-4-18-20(15(3)26)14(2)24-21(18)22(27)25-11-9-16(10-12-25)13-17-7-5-6-8-19(17)23(28)29/h5-8,16,24H,4,9-13H2,1-3H3,(H,28,29). The maximum atomic E-state index is 13.1. The quantitative estimate of drug-likeness (QED) is 0.725. The predicted octanol–water partition coefficient (Wildman–Crippen LogP) is 3.88. The van der Waals surface area contributed by atoms with Gasteiger partial charge in [0.1, 0.15) is 5.69 Å². The number of aromatic carboxylic acids is 1. The van der Waals surface area contributed by atoms with Gasteiger partial charge >= 0.3 is 5.97 Å². The predicted molar refractivity (Wildman–Crippen MR) is 111 cm³/mol. The van der Waals surface area contributed by atoms with Crippen LogP contribution in [0.1, 0.15) is 74.7 Å². The summed E-state index contributed by atoms with van der Waals surface area (Å²) >= 11 is 0. The van der Waals surface area contributed by atoms with Crippen LogP contribution < -0.4 is 0 Å². The number of carboxylic acids is 1. The molecule has 1 fully saturated rings. The zero-order valence-corrected chi connectivity index (χ0v) is 17.2. The SMILES string of the molecule is CCc1c(C(=O)N2CCC(Cc3ccccc3C(=O)O)CC2)[nH]c(C)c1C(C)=O. The second kappa shape index (κ2) is 8.64. The lowest BCUT2D eigenvalue weighted by atomic mass is 9.88. The average Bonchev–Trinajstić information content (AvgIpc) is 3.04. The molecule has 0 unspecified atom stereocenters. The van der Waals surface area contributed by atoms with Crippen LogP contribution >= 0.6 is 0 Å². The summed E-state index contributed by atoms with van der Waals surface area (Å²) in [6.45, 7) is 6.59. The number of nitrogens with one attached hydrogen (secondary N) is 1. The first-order valence-corrected chi connectivity index (χ1v) is 10.2. The zero-order chi connectivity index (χ0) is 21.1. The first-order chi connectivity index (χ1) is 13.8. The van der Waals surface area contributed by atoms with Gasteiger partial charge in [0.15, 0.2) is 5.78 Å². The molecule has 0 spiro atoms. The van der Waals surface area contributed by atoms with E-state index >= 15 is 0 Å². The number of H-pyrrole nitrogens is 1. The lowest BCUT2D eigenvalue weighted by molar-refractivity contribution is 0.0684. The number of aryl methyl sites for hydroxylation is 1. The normalized spacial score (nSPS) is 14.8. The molecule has 3 rings (SSSR count). The Kier molecular flexibility index (Phi) is 6.20. The molecule has 154 valence electrons. The third kappa shape index (κ3) is 4.26. The summed E-state index contributed by atoms with van der Waals surface area (Å²) in [5.41, 5.74) is 3.93. The molecule has 1 amide bonds. The largest absolute Gasteiger partial charge is 0.478 e. The fourth-order valence-electron chi connectivity index (χ4n) is 4.41. The number of Topliss-reactive ketones (excluding diaryl/α,β-unsaturated/α-hetero) is 1. The molecule has 2 N–H and O–H groups in total. The molecule has 6 nitrogen and oxygen atoms in total. The minimum atomic E-state index is -0.899. The van der Waals surface area contributed by atoms with Crippen LogP contribution in [0.3, 0.4) is 0 Å². The van der Waals surface area contributed by atoms with E-state index in [-0.39, 0.29) is 11.7 Å². The highest BCUT2D eigenvalue weighted by molar-refractivity contribution is 6.02. The molecule has 2 heterocycles. The number of benzene rings is 1. The van der Waals surface area contributed by atoms with Crippen molar-refractivity contribution in [1.29, 1.82) is 0 Å². The molecule has 29 heavy (non-hydrogen) atoms. The minimum Gasteiger partial charge on any atom is -0.478 e. The summed E-state index contributed by atoms with van der Waals surface area (Å²) in [5, 5.41) is 9.37. The number of carboxylic acid groups (broad SMARTS) is 1. The maximum Gasteiger partial charge on any atom is 0.335 e. The molecule has 2 aromatic rings. The van der Waals surface area contributed by atoms with Crippen LogP contribution in [0.2, 0.25) is 0 Å². The van der Waals surface area contributed by atoms with Gasteiger partial charge in [-0.05, 0) is 62.6 Å². The molecule has 1 aromatic carbocycles. The van der Waals surface area contributed by atoms with Crippen molar-refractivity contribution in [3.05, 3.63) is 57.9 Å². The van der Waals surface area contributed by atoms with Crippen molar-refractivity contribution < 1.29 is 19.5 Å². The van der Waals surface area contributed by atoms with Crippen molar-refractivity contribution in [2.45, 2.75) is 46.5 Å². The second-order valence-electron chi connectivity index (χ2n) is 7.79. The molecule has 0 aliphatic carbocycles. The van der Waals surface area contributed by atoms with E-state index < -0.39 is 5.97 Å². The maximum absolute atomic E-state index is 13.1. The molecule has 0 saturated carbocycles. The van der Waals surface area contributed by atoms with E-state index in [0.29, 0.717) is 48.7 Å². The third-order valence-electron chi connectivity index (χ3n) is 5.87. The zero-order valence-electron chi connectivity index (χ0n) is 17.2. The molecule has 1 aliphatic rings. The number of piperidine rings is 1. The third-order valence-corrected chi connectivity index (χ3v) is 5.87. The molecular weight excluding hydrogens is 368 g/mol. The van der Waals surface area contributed by atoms with Gasteiger partial charge in [0, 0.05) is 24.3 Å². The number of likely N-dealkylation sites (tertiary alicyclic amines) is 1. The fraction of sp³-hybridized carbons (Fsp3) is 0.435. The number of aromatic amines is 1. The lowest BCUT2D eigenvalue weighted by Gasteiger charge is -2.32. The highest BCUT2D eigenvalue weighted by atomic mass is 16.4. The highest BCUT2D eigenvalue weighted by Gasteiger charge is 2.28. The van der Waals surface area contributed by atoms with E-state index in [4.69, 9.17) is 0 Å². The van der Waals surface area contributed by atoms with Crippen LogP contribution in [0.15, 0.2) is 24.3 Å². The molecule has 0 atom stereocenters. The average molecular weight is 396 g/mol. The summed E-state index contributed by atoms with van der Waals surface area (Å²) in [6.07, 6.45) is 3.00. The van der Waals surface area contributed by atoms with Crippen LogP contribution in [-0.2, 0) is 12.8 Å². The number of aromatic nitrogens is 1. The topological polar surface area (TPSA) is 90.5 Å². The lowest BCUT2D eigenvalue weighted by Crippen LogP contribution is -2.39. The number of rotatable bonds is 6. The van der Waals surface area contributed by atoms with Gasteiger partial charge in [-0.2, -0.15) is 0 Å². The molecule has 6 heteroatoms. The van der Waals surface area contributed by atoms with Gasteiger partial charge in [0.25, 0.3) is 5.91 Å². The highest BCUT2D eigenvalue weighted by Crippen LogP contribution is 2.27. The summed E-state index contributed by atoms with van der Waals surface area (Å²) in [4.78, 5) is 41.4. The van der Waals surface area contributed by atoms with Crippen molar-refractivity contribution in [3.63, 3.8) is 0 Å². The van der Waals surface area contributed by atoms with Crippen molar-refractivity contribution in [2.75, 3.05) is 13.1 Å². The van der Waals surface area contributed by atoms with Crippen LogP contribution in [-0.4, -0.2) is 45.7 Å². The molecule has 1 saturated heterocycles. The Balaban J connectivity index is 1.69.